The van der Waals surface area contributed by atoms with Crippen molar-refractivity contribution in [3.8, 4) is 0 Å². The maximum atomic E-state index is 4.44. The third-order valence-corrected chi connectivity index (χ3v) is 3.03. The summed E-state index contributed by atoms with van der Waals surface area (Å²) in [6, 6.07) is 13.2. The number of hydrogen-bond acceptors (Lipinski definition) is 2. The number of H-pyrrole nitrogens is 1. The standard InChI is InChI=1S/C14H8N3/c1-2-4-10-9(3-1)13-11(17-10)5-6-12-14(13)16-8-7-15-12/h1-3,5-8,17H. The van der Waals surface area contributed by atoms with Crippen LogP contribution in [0.25, 0.3) is 32.8 Å². The summed E-state index contributed by atoms with van der Waals surface area (Å²) in [4.78, 5) is 12.1. The summed E-state index contributed by atoms with van der Waals surface area (Å²) in [6.07, 6.45) is 3.45. The van der Waals surface area contributed by atoms with E-state index in [-0.39, 0.29) is 0 Å². The molecular weight excluding hydrogens is 210 g/mol. The maximum Gasteiger partial charge on any atom is 0.0986 e. The van der Waals surface area contributed by atoms with Crippen molar-refractivity contribution in [3.63, 3.8) is 0 Å². The summed E-state index contributed by atoms with van der Waals surface area (Å²) in [7, 11) is 0. The van der Waals surface area contributed by atoms with Gasteiger partial charge in [0.2, 0.25) is 0 Å². The zero-order valence-corrected chi connectivity index (χ0v) is 8.94. The van der Waals surface area contributed by atoms with Gasteiger partial charge in [-0.3, -0.25) is 9.97 Å². The highest BCUT2D eigenvalue weighted by atomic mass is 14.8. The van der Waals surface area contributed by atoms with E-state index in [1.54, 1.807) is 12.4 Å². The Morgan fingerprint density at radius 2 is 2.00 bits per heavy atom. The summed E-state index contributed by atoms with van der Waals surface area (Å²) >= 11 is 0. The van der Waals surface area contributed by atoms with Crippen molar-refractivity contribution >= 4 is 32.8 Å². The Morgan fingerprint density at radius 3 is 3.00 bits per heavy atom. The Bertz CT molecular complexity index is 840. The predicted octanol–water partition coefficient (Wildman–Crippen LogP) is 3.06. The van der Waals surface area contributed by atoms with E-state index in [4.69, 9.17) is 0 Å². The van der Waals surface area contributed by atoms with Crippen molar-refractivity contribution in [2.75, 3.05) is 0 Å². The molecule has 0 aliphatic carbocycles. The zero-order valence-electron chi connectivity index (χ0n) is 8.94. The average molecular weight is 218 g/mol. The van der Waals surface area contributed by atoms with Crippen LogP contribution in [0.3, 0.4) is 0 Å². The third-order valence-electron chi connectivity index (χ3n) is 3.03. The fraction of sp³-hybridized carbons (Fsp3) is 0. The first kappa shape index (κ1) is 8.70. The molecule has 2 aromatic carbocycles. The molecule has 0 aliphatic heterocycles. The number of rotatable bonds is 0. The molecule has 0 fully saturated rings. The quantitative estimate of drug-likeness (QED) is 0.493. The van der Waals surface area contributed by atoms with Crippen LogP contribution in [0.1, 0.15) is 0 Å². The van der Waals surface area contributed by atoms with E-state index in [9.17, 15) is 0 Å². The predicted molar refractivity (Wildman–Crippen MR) is 67.7 cm³/mol. The average Bonchev–Trinajstić information content (AvgIpc) is 2.77. The Labute approximate surface area is 97.1 Å². The Balaban J connectivity index is 2.38. The molecule has 0 bridgehead atoms. The molecule has 0 spiro atoms. The molecule has 2 aromatic heterocycles. The molecule has 0 atom stereocenters. The Morgan fingerprint density at radius 1 is 1.06 bits per heavy atom. The van der Waals surface area contributed by atoms with Crippen LogP contribution >= 0.6 is 0 Å². The number of nitrogens with one attached hydrogen (secondary N) is 1. The number of aromatic amines is 1. The van der Waals surface area contributed by atoms with Gasteiger partial charge in [0.05, 0.1) is 16.6 Å². The summed E-state index contributed by atoms with van der Waals surface area (Å²) in [5, 5.41) is 2.27. The minimum Gasteiger partial charge on any atom is -0.354 e. The first-order chi connectivity index (χ1) is 8.43. The number of aromatic nitrogens is 3. The summed E-state index contributed by atoms with van der Waals surface area (Å²) in [6.45, 7) is 0. The van der Waals surface area contributed by atoms with E-state index in [0.717, 1.165) is 32.8 Å². The monoisotopic (exact) mass is 218 g/mol. The molecule has 1 N–H and O–H groups in total. The lowest BCUT2D eigenvalue weighted by Crippen LogP contribution is -1.82. The van der Waals surface area contributed by atoms with Gasteiger partial charge in [0, 0.05) is 34.7 Å². The zero-order chi connectivity index (χ0) is 11.2. The summed E-state index contributed by atoms with van der Waals surface area (Å²) in [5.74, 6) is 0. The van der Waals surface area contributed by atoms with Gasteiger partial charge in [-0.15, -0.1) is 0 Å². The second-order valence-corrected chi connectivity index (χ2v) is 4.00. The van der Waals surface area contributed by atoms with Gasteiger partial charge in [-0.1, -0.05) is 18.2 Å². The van der Waals surface area contributed by atoms with Gasteiger partial charge in [0.1, 0.15) is 0 Å². The first-order valence-corrected chi connectivity index (χ1v) is 5.45. The topological polar surface area (TPSA) is 41.6 Å². The van der Waals surface area contributed by atoms with Crippen LogP contribution in [0.4, 0.5) is 0 Å². The Hall–Kier alpha value is -2.42. The highest BCUT2D eigenvalue weighted by molar-refractivity contribution is 6.17. The lowest BCUT2D eigenvalue weighted by Gasteiger charge is -1.97. The van der Waals surface area contributed by atoms with E-state index in [1.807, 2.05) is 24.3 Å². The van der Waals surface area contributed by atoms with Gasteiger partial charge in [0.25, 0.3) is 0 Å². The second-order valence-electron chi connectivity index (χ2n) is 4.00. The molecule has 4 aromatic rings. The maximum absolute atomic E-state index is 4.44. The summed E-state index contributed by atoms with van der Waals surface area (Å²) < 4.78 is 0. The number of benzene rings is 2. The number of hydrogen-bond donors (Lipinski definition) is 1. The number of nitrogens with zero attached hydrogens (tertiary/aromatic N) is 2. The molecule has 1 radical (unpaired) electrons. The fourth-order valence-electron chi connectivity index (χ4n) is 2.30. The molecular formula is C14H8N3. The molecule has 4 rings (SSSR count). The number of fused-ring (bicyclic) bond motifs is 5. The van der Waals surface area contributed by atoms with Crippen LogP contribution in [0, 0.1) is 6.07 Å². The van der Waals surface area contributed by atoms with Crippen molar-refractivity contribution in [2.45, 2.75) is 0 Å². The molecule has 17 heavy (non-hydrogen) atoms. The SMILES string of the molecule is [c]1cccc2c1[nH]c1ccc3nccnc3c12. The van der Waals surface area contributed by atoms with Crippen LogP contribution in [0.15, 0.2) is 42.7 Å². The van der Waals surface area contributed by atoms with Gasteiger partial charge >= 0.3 is 0 Å². The smallest absolute Gasteiger partial charge is 0.0986 e. The normalized spacial score (nSPS) is 11.5. The van der Waals surface area contributed by atoms with Crippen LogP contribution in [0.5, 0.6) is 0 Å². The van der Waals surface area contributed by atoms with Crippen molar-refractivity contribution in [1.29, 1.82) is 0 Å². The molecule has 0 saturated carbocycles. The Kier molecular flexibility index (Phi) is 1.56. The minimum absolute atomic E-state index is 0.921. The van der Waals surface area contributed by atoms with E-state index in [2.05, 4.69) is 27.1 Å². The molecule has 0 aliphatic rings. The lowest BCUT2D eigenvalue weighted by molar-refractivity contribution is 1.30. The van der Waals surface area contributed by atoms with Crippen molar-refractivity contribution in [3.05, 3.63) is 48.8 Å². The van der Waals surface area contributed by atoms with Crippen molar-refractivity contribution < 1.29 is 0 Å². The molecule has 3 nitrogen and oxygen atoms in total. The van der Waals surface area contributed by atoms with E-state index < -0.39 is 0 Å². The highest BCUT2D eigenvalue weighted by Crippen LogP contribution is 2.29. The molecule has 0 unspecified atom stereocenters. The van der Waals surface area contributed by atoms with E-state index in [0.29, 0.717) is 0 Å². The van der Waals surface area contributed by atoms with Crippen LogP contribution in [-0.2, 0) is 0 Å². The second kappa shape index (κ2) is 3.04. The van der Waals surface area contributed by atoms with Gasteiger partial charge < -0.3 is 4.98 Å². The molecule has 79 valence electrons. The summed E-state index contributed by atoms with van der Waals surface area (Å²) in [5.41, 5.74) is 3.96. The van der Waals surface area contributed by atoms with Gasteiger partial charge in [-0.25, -0.2) is 0 Å². The van der Waals surface area contributed by atoms with Crippen LogP contribution in [0.2, 0.25) is 0 Å². The van der Waals surface area contributed by atoms with Gasteiger partial charge in [-0.2, -0.15) is 0 Å². The minimum atomic E-state index is 0.921. The molecule has 0 amide bonds. The lowest BCUT2D eigenvalue weighted by atomic mass is 10.1. The van der Waals surface area contributed by atoms with Crippen LogP contribution < -0.4 is 0 Å². The highest BCUT2D eigenvalue weighted by Gasteiger charge is 2.08. The molecule has 2 heterocycles. The van der Waals surface area contributed by atoms with Crippen molar-refractivity contribution in [2.24, 2.45) is 0 Å². The molecule has 0 saturated heterocycles. The third kappa shape index (κ3) is 1.11. The first-order valence-electron chi connectivity index (χ1n) is 5.45. The molecule has 3 heteroatoms. The van der Waals surface area contributed by atoms with Crippen LogP contribution in [-0.4, -0.2) is 15.0 Å². The number of para-hydroxylation sites is 1. The van der Waals surface area contributed by atoms with E-state index >= 15 is 0 Å². The van der Waals surface area contributed by atoms with Crippen molar-refractivity contribution in [1.82, 2.24) is 15.0 Å². The largest absolute Gasteiger partial charge is 0.354 e. The fourth-order valence-corrected chi connectivity index (χ4v) is 2.30. The van der Waals surface area contributed by atoms with Gasteiger partial charge in [-0.05, 0) is 12.1 Å². The van der Waals surface area contributed by atoms with Gasteiger partial charge in [0.15, 0.2) is 0 Å². The van der Waals surface area contributed by atoms with E-state index in [1.165, 1.54) is 0 Å².